The molecule has 0 unspecified atom stereocenters. The molecule has 0 aromatic carbocycles. The van der Waals surface area contributed by atoms with Gasteiger partial charge in [0.2, 0.25) is 5.91 Å². The molecule has 0 aromatic rings. The second kappa shape index (κ2) is 13.2. The summed E-state index contributed by atoms with van der Waals surface area (Å²) in [5.41, 5.74) is 5.47. The summed E-state index contributed by atoms with van der Waals surface area (Å²) in [6.45, 7) is 9.92. The maximum atomic E-state index is 12.4. The van der Waals surface area contributed by atoms with Gasteiger partial charge in [0.1, 0.15) is 0 Å². The Morgan fingerprint density at radius 2 is 1.75 bits per heavy atom. The van der Waals surface area contributed by atoms with Crippen LogP contribution in [0.2, 0.25) is 0 Å². The van der Waals surface area contributed by atoms with Crippen LogP contribution in [0.15, 0.2) is 0 Å². The Kier molecular flexibility index (Phi) is 14.4. The molecule has 1 aliphatic heterocycles. The van der Waals surface area contributed by atoms with Crippen molar-refractivity contribution in [2.45, 2.75) is 39.5 Å². The number of halogens is 2. The third kappa shape index (κ3) is 7.87. The van der Waals surface area contributed by atoms with Gasteiger partial charge in [-0.25, -0.2) is 0 Å². The molecule has 1 amide bonds. The van der Waals surface area contributed by atoms with E-state index in [1.54, 1.807) is 0 Å². The Morgan fingerprint density at radius 1 is 1.21 bits per heavy atom. The van der Waals surface area contributed by atoms with E-state index in [4.69, 9.17) is 5.73 Å². The fourth-order valence-electron chi connectivity index (χ4n) is 3.13. The molecule has 1 rings (SSSR count). The maximum absolute atomic E-state index is 12.4. The molecule has 5 nitrogen and oxygen atoms in total. The van der Waals surface area contributed by atoms with Crippen LogP contribution in [0, 0.1) is 11.3 Å². The molecule has 1 heterocycles. The van der Waals surface area contributed by atoms with Crippen LogP contribution in [0.4, 0.5) is 0 Å². The number of piperidine rings is 1. The predicted molar refractivity (Wildman–Crippen MR) is 107 cm³/mol. The highest BCUT2D eigenvalue weighted by Gasteiger charge is 2.33. The first-order chi connectivity index (χ1) is 10.5. The maximum Gasteiger partial charge on any atom is 0.227 e. The van der Waals surface area contributed by atoms with E-state index in [-0.39, 0.29) is 36.1 Å². The van der Waals surface area contributed by atoms with E-state index in [2.05, 4.69) is 43.1 Å². The third-order valence-corrected chi connectivity index (χ3v) is 5.35. The molecule has 1 aliphatic rings. The van der Waals surface area contributed by atoms with E-state index in [9.17, 15) is 4.79 Å². The van der Waals surface area contributed by atoms with Gasteiger partial charge in [-0.1, -0.05) is 13.8 Å². The zero-order valence-electron chi connectivity index (χ0n) is 15.8. The first kappa shape index (κ1) is 26.2. The van der Waals surface area contributed by atoms with Gasteiger partial charge >= 0.3 is 0 Å². The van der Waals surface area contributed by atoms with Crippen LogP contribution in [0.25, 0.3) is 0 Å². The van der Waals surface area contributed by atoms with Gasteiger partial charge in [-0.05, 0) is 58.8 Å². The zero-order chi connectivity index (χ0) is 16.6. The fourth-order valence-corrected chi connectivity index (χ4v) is 3.13. The molecule has 1 saturated heterocycles. The Morgan fingerprint density at radius 3 is 2.17 bits per heavy atom. The first-order valence-electron chi connectivity index (χ1n) is 8.82. The van der Waals surface area contributed by atoms with Crippen LogP contribution in [0.5, 0.6) is 0 Å². The number of hydrogen-bond acceptors (Lipinski definition) is 4. The van der Waals surface area contributed by atoms with E-state index in [0.29, 0.717) is 12.5 Å². The summed E-state index contributed by atoms with van der Waals surface area (Å²) in [4.78, 5) is 17.2. The van der Waals surface area contributed by atoms with E-state index >= 15 is 0 Å². The van der Waals surface area contributed by atoms with Crippen molar-refractivity contribution < 1.29 is 4.79 Å². The molecule has 0 radical (unpaired) electrons. The summed E-state index contributed by atoms with van der Waals surface area (Å²) in [6, 6.07) is 0. The van der Waals surface area contributed by atoms with Crippen LogP contribution < -0.4 is 11.1 Å². The van der Waals surface area contributed by atoms with Crippen molar-refractivity contribution >= 4 is 30.7 Å². The van der Waals surface area contributed by atoms with Gasteiger partial charge in [0, 0.05) is 26.2 Å². The van der Waals surface area contributed by atoms with Gasteiger partial charge in [0.05, 0.1) is 5.41 Å². The second-order valence-electron chi connectivity index (χ2n) is 6.99. The molecule has 7 heteroatoms. The molecular formula is C17H38Cl2N4O. The number of rotatable bonds is 9. The van der Waals surface area contributed by atoms with E-state index < -0.39 is 0 Å². The SMILES string of the molecule is CCC(CC)(CN)C(=O)NCC1CCN(CCN(C)C)CC1.Cl.Cl. The normalized spacial score (nSPS) is 16.4. The first-order valence-corrected chi connectivity index (χ1v) is 8.82. The number of likely N-dealkylation sites (N-methyl/N-ethyl adjacent to an activating group) is 1. The minimum atomic E-state index is -0.369. The molecule has 0 saturated carbocycles. The lowest BCUT2D eigenvalue weighted by Crippen LogP contribution is -2.47. The summed E-state index contributed by atoms with van der Waals surface area (Å²) in [6.07, 6.45) is 3.99. The van der Waals surface area contributed by atoms with Crippen molar-refractivity contribution in [1.29, 1.82) is 0 Å². The van der Waals surface area contributed by atoms with Crippen LogP contribution in [-0.4, -0.2) is 69.1 Å². The highest BCUT2D eigenvalue weighted by Crippen LogP contribution is 2.25. The number of nitrogens with zero attached hydrogens (tertiary/aromatic N) is 2. The lowest BCUT2D eigenvalue weighted by Gasteiger charge is -2.34. The van der Waals surface area contributed by atoms with Crippen LogP contribution >= 0.6 is 24.8 Å². The predicted octanol–water partition coefficient (Wildman–Crippen LogP) is 1.98. The average molecular weight is 385 g/mol. The van der Waals surface area contributed by atoms with E-state index in [1.807, 2.05) is 0 Å². The standard InChI is InChI=1S/C17H36N4O.2ClH/c1-5-17(6-2,14-18)16(22)19-13-15-7-9-21(10-8-15)12-11-20(3)4;;/h15H,5-14,18H2,1-4H3,(H,19,22);2*1H. The highest BCUT2D eigenvalue weighted by molar-refractivity contribution is 5.85. The Labute approximate surface area is 160 Å². The summed E-state index contributed by atoms with van der Waals surface area (Å²) in [7, 11) is 4.24. The van der Waals surface area contributed by atoms with Gasteiger partial charge in [0.25, 0.3) is 0 Å². The lowest BCUT2D eigenvalue weighted by atomic mass is 9.81. The molecule has 1 fully saturated rings. The summed E-state index contributed by atoms with van der Waals surface area (Å²) >= 11 is 0. The number of amides is 1. The van der Waals surface area contributed by atoms with Crippen molar-refractivity contribution in [2.24, 2.45) is 17.1 Å². The fraction of sp³-hybridized carbons (Fsp3) is 0.941. The van der Waals surface area contributed by atoms with Gasteiger partial charge in [0.15, 0.2) is 0 Å². The number of likely N-dealkylation sites (tertiary alicyclic amines) is 1. The number of hydrogen-bond donors (Lipinski definition) is 2. The van der Waals surface area contributed by atoms with Crippen LogP contribution in [-0.2, 0) is 4.79 Å². The van der Waals surface area contributed by atoms with E-state index in [0.717, 1.165) is 45.6 Å². The molecule has 0 aliphatic carbocycles. The van der Waals surface area contributed by atoms with Crippen LogP contribution in [0.3, 0.4) is 0 Å². The van der Waals surface area contributed by atoms with Gasteiger partial charge in [-0.3, -0.25) is 4.79 Å². The van der Waals surface area contributed by atoms with Crippen LogP contribution in [0.1, 0.15) is 39.5 Å². The minimum absolute atomic E-state index is 0. The molecule has 24 heavy (non-hydrogen) atoms. The van der Waals surface area contributed by atoms with Crippen molar-refractivity contribution in [1.82, 2.24) is 15.1 Å². The smallest absolute Gasteiger partial charge is 0.227 e. The van der Waals surface area contributed by atoms with Gasteiger partial charge < -0.3 is 20.9 Å². The number of carbonyl (C=O) groups is 1. The van der Waals surface area contributed by atoms with Crippen molar-refractivity contribution in [2.75, 3.05) is 53.4 Å². The quantitative estimate of drug-likeness (QED) is 0.637. The molecule has 3 N–H and O–H groups in total. The Hall–Kier alpha value is -0.0700. The van der Waals surface area contributed by atoms with Crippen molar-refractivity contribution in [3.63, 3.8) is 0 Å². The molecule has 0 atom stereocenters. The molecule has 0 spiro atoms. The average Bonchev–Trinajstić information content (AvgIpc) is 2.54. The monoisotopic (exact) mass is 384 g/mol. The molecule has 0 bridgehead atoms. The highest BCUT2D eigenvalue weighted by atomic mass is 35.5. The van der Waals surface area contributed by atoms with Gasteiger partial charge in [-0.2, -0.15) is 0 Å². The third-order valence-electron chi connectivity index (χ3n) is 5.35. The topological polar surface area (TPSA) is 61.6 Å². The minimum Gasteiger partial charge on any atom is -0.355 e. The summed E-state index contributed by atoms with van der Waals surface area (Å²) < 4.78 is 0. The largest absolute Gasteiger partial charge is 0.355 e. The van der Waals surface area contributed by atoms with Crippen molar-refractivity contribution in [3.8, 4) is 0 Å². The summed E-state index contributed by atoms with van der Waals surface area (Å²) in [5.74, 6) is 0.763. The van der Waals surface area contributed by atoms with Gasteiger partial charge in [-0.15, -0.1) is 24.8 Å². The molecular weight excluding hydrogens is 347 g/mol. The number of nitrogens with two attached hydrogens (primary N) is 1. The second-order valence-corrected chi connectivity index (χ2v) is 6.99. The van der Waals surface area contributed by atoms with Crippen molar-refractivity contribution in [3.05, 3.63) is 0 Å². The molecule has 146 valence electrons. The Balaban J connectivity index is 0. The summed E-state index contributed by atoms with van der Waals surface area (Å²) in [5, 5.41) is 3.17. The van der Waals surface area contributed by atoms with E-state index in [1.165, 1.54) is 12.8 Å². The lowest BCUT2D eigenvalue weighted by molar-refractivity contribution is -0.131. The zero-order valence-corrected chi connectivity index (χ0v) is 17.5. The number of nitrogens with one attached hydrogen (secondary N) is 1. The Bertz CT molecular complexity index is 322. The molecule has 0 aromatic heterocycles. The number of carbonyl (C=O) groups excluding carboxylic acids is 1.